The molecule has 100 valence electrons. The van der Waals surface area contributed by atoms with E-state index in [0.717, 1.165) is 17.7 Å². The predicted molar refractivity (Wildman–Crippen MR) is 87.1 cm³/mol. The average Bonchev–Trinajstić information content (AvgIpc) is 3.13. The van der Waals surface area contributed by atoms with Crippen LogP contribution in [0.1, 0.15) is 33.4 Å². The van der Waals surface area contributed by atoms with Crippen molar-refractivity contribution in [3.63, 3.8) is 0 Å². The van der Waals surface area contributed by atoms with E-state index in [2.05, 4.69) is 62.9 Å². The van der Waals surface area contributed by atoms with Gasteiger partial charge in [0.1, 0.15) is 0 Å². The fourth-order valence-electron chi connectivity index (χ4n) is 2.37. The van der Waals surface area contributed by atoms with E-state index < -0.39 is 0 Å². The van der Waals surface area contributed by atoms with Crippen molar-refractivity contribution in [1.82, 2.24) is 9.97 Å². The van der Waals surface area contributed by atoms with Gasteiger partial charge in [0.25, 0.3) is 0 Å². The highest BCUT2D eigenvalue weighted by Crippen LogP contribution is 2.30. The number of hydrogen-bond acceptors (Lipinski definition) is 1. The van der Waals surface area contributed by atoms with Crippen LogP contribution in [0.25, 0.3) is 0 Å². The van der Waals surface area contributed by atoms with Crippen molar-refractivity contribution in [2.75, 3.05) is 0 Å². The van der Waals surface area contributed by atoms with Crippen LogP contribution in [0, 0.1) is 3.57 Å². The van der Waals surface area contributed by atoms with Gasteiger partial charge in [0.15, 0.2) is 6.29 Å². The van der Waals surface area contributed by atoms with E-state index >= 15 is 0 Å². The minimum Gasteiger partial charge on any atom is -0.364 e. The maximum Gasteiger partial charge on any atom is 0.166 e. The van der Waals surface area contributed by atoms with Gasteiger partial charge < -0.3 is 9.97 Å². The molecule has 0 fully saturated rings. The lowest BCUT2D eigenvalue weighted by atomic mass is 9.93. The SMILES string of the molecule is O=Cc1ccc(C(c2ccc(I)cc2)c2ccc[nH]2)[nH]1. The first-order chi connectivity index (χ1) is 9.78. The third-order valence-electron chi connectivity index (χ3n) is 3.31. The smallest absolute Gasteiger partial charge is 0.166 e. The molecule has 1 unspecified atom stereocenters. The number of aldehydes is 1. The van der Waals surface area contributed by atoms with Gasteiger partial charge in [-0.25, -0.2) is 0 Å². The molecule has 2 N–H and O–H groups in total. The number of benzene rings is 1. The Bertz CT molecular complexity index is 698. The van der Waals surface area contributed by atoms with E-state index in [4.69, 9.17) is 0 Å². The summed E-state index contributed by atoms with van der Waals surface area (Å²) in [5.41, 5.74) is 3.90. The molecule has 20 heavy (non-hydrogen) atoms. The first-order valence-electron chi connectivity index (χ1n) is 6.31. The molecular formula is C16H13IN2O. The van der Waals surface area contributed by atoms with Crippen LogP contribution in [0.3, 0.4) is 0 Å². The highest BCUT2D eigenvalue weighted by atomic mass is 127. The topological polar surface area (TPSA) is 48.6 Å². The van der Waals surface area contributed by atoms with Crippen molar-refractivity contribution in [3.8, 4) is 0 Å². The lowest BCUT2D eigenvalue weighted by Gasteiger charge is -2.15. The van der Waals surface area contributed by atoms with Gasteiger partial charge in [0.05, 0.1) is 11.6 Å². The van der Waals surface area contributed by atoms with Crippen LogP contribution >= 0.6 is 22.6 Å². The Morgan fingerprint density at radius 2 is 1.80 bits per heavy atom. The van der Waals surface area contributed by atoms with Crippen LogP contribution in [-0.4, -0.2) is 16.3 Å². The number of carbonyl (C=O) groups excluding carboxylic acids is 1. The molecule has 1 atom stereocenters. The zero-order chi connectivity index (χ0) is 13.9. The van der Waals surface area contributed by atoms with E-state index in [1.807, 2.05) is 24.4 Å². The van der Waals surface area contributed by atoms with Crippen molar-refractivity contribution in [3.05, 3.63) is 80.9 Å². The highest BCUT2D eigenvalue weighted by molar-refractivity contribution is 14.1. The summed E-state index contributed by atoms with van der Waals surface area (Å²) >= 11 is 2.30. The summed E-state index contributed by atoms with van der Waals surface area (Å²) in [7, 11) is 0. The molecule has 0 aliphatic rings. The van der Waals surface area contributed by atoms with Gasteiger partial charge in [-0.05, 0) is 64.6 Å². The number of hydrogen-bond donors (Lipinski definition) is 2. The van der Waals surface area contributed by atoms with Crippen LogP contribution < -0.4 is 0 Å². The molecule has 0 spiro atoms. The monoisotopic (exact) mass is 376 g/mol. The third kappa shape index (κ3) is 2.56. The minimum absolute atomic E-state index is 0.0794. The zero-order valence-corrected chi connectivity index (χ0v) is 12.8. The van der Waals surface area contributed by atoms with Crippen LogP contribution in [0.5, 0.6) is 0 Å². The van der Waals surface area contributed by atoms with E-state index in [1.54, 1.807) is 0 Å². The van der Waals surface area contributed by atoms with Crippen molar-refractivity contribution in [2.45, 2.75) is 5.92 Å². The molecule has 2 aromatic heterocycles. The van der Waals surface area contributed by atoms with Gasteiger partial charge in [-0.2, -0.15) is 0 Å². The Kier molecular flexibility index (Phi) is 3.73. The number of halogens is 1. The summed E-state index contributed by atoms with van der Waals surface area (Å²) in [5, 5.41) is 0. The van der Waals surface area contributed by atoms with Gasteiger partial charge in [0.2, 0.25) is 0 Å². The number of nitrogens with one attached hydrogen (secondary N) is 2. The Hall–Kier alpha value is -1.82. The molecular weight excluding hydrogens is 363 g/mol. The molecule has 0 saturated heterocycles. The Morgan fingerprint density at radius 1 is 1.00 bits per heavy atom. The third-order valence-corrected chi connectivity index (χ3v) is 4.02. The molecule has 0 radical (unpaired) electrons. The second-order valence-corrected chi connectivity index (χ2v) is 5.84. The van der Waals surface area contributed by atoms with E-state index in [-0.39, 0.29) is 5.92 Å². The largest absolute Gasteiger partial charge is 0.364 e. The number of H-pyrrole nitrogens is 2. The Balaban J connectivity index is 2.08. The van der Waals surface area contributed by atoms with Crippen LogP contribution in [0.4, 0.5) is 0 Å². The normalized spacial score (nSPS) is 12.2. The Labute approximate surface area is 130 Å². The van der Waals surface area contributed by atoms with Gasteiger partial charge in [0, 0.05) is 21.2 Å². The van der Waals surface area contributed by atoms with Gasteiger partial charge in [-0.15, -0.1) is 0 Å². The lowest BCUT2D eigenvalue weighted by molar-refractivity contribution is 0.111. The molecule has 4 heteroatoms. The quantitative estimate of drug-likeness (QED) is 0.526. The first kappa shape index (κ1) is 13.2. The van der Waals surface area contributed by atoms with Crippen molar-refractivity contribution in [2.24, 2.45) is 0 Å². The summed E-state index contributed by atoms with van der Waals surface area (Å²) in [6.45, 7) is 0. The summed E-state index contributed by atoms with van der Waals surface area (Å²) in [6.07, 6.45) is 2.75. The van der Waals surface area contributed by atoms with Crippen molar-refractivity contribution >= 4 is 28.9 Å². The fraction of sp³-hybridized carbons (Fsp3) is 0.0625. The van der Waals surface area contributed by atoms with Gasteiger partial charge in [-0.1, -0.05) is 12.1 Å². The lowest BCUT2D eigenvalue weighted by Crippen LogP contribution is -2.04. The molecule has 0 aliphatic carbocycles. The summed E-state index contributed by atoms with van der Waals surface area (Å²) in [5.74, 6) is 0.0794. The predicted octanol–water partition coefficient (Wildman–Crippen LogP) is 3.94. The number of aromatic amines is 2. The maximum atomic E-state index is 10.9. The molecule has 0 bridgehead atoms. The molecule has 0 aliphatic heterocycles. The van der Waals surface area contributed by atoms with Gasteiger partial charge in [-0.3, -0.25) is 4.79 Å². The van der Waals surface area contributed by atoms with E-state index in [9.17, 15) is 4.79 Å². The summed E-state index contributed by atoms with van der Waals surface area (Å²) in [6, 6.07) is 16.2. The maximum absolute atomic E-state index is 10.9. The molecule has 0 amide bonds. The molecule has 3 rings (SSSR count). The second kappa shape index (κ2) is 5.66. The molecule has 3 aromatic rings. The minimum atomic E-state index is 0.0794. The first-order valence-corrected chi connectivity index (χ1v) is 7.38. The fourth-order valence-corrected chi connectivity index (χ4v) is 2.73. The summed E-state index contributed by atoms with van der Waals surface area (Å²) in [4.78, 5) is 17.3. The molecule has 0 saturated carbocycles. The Morgan fingerprint density at radius 3 is 2.40 bits per heavy atom. The van der Waals surface area contributed by atoms with E-state index in [0.29, 0.717) is 5.69 Å². The second-order valence-electron chi connectivity index (χ2n) is 4.60. The number of rotatable bonds is 4. The molecule has 1 aromatic carbocycles. The van der Waals surface area contributed by atoms with Gasteiger partial charge >= 0.3 is 0 Å². The number of aromatic nitrogens is 2. The summed E-state index contributed by atoms with van der Waals surface area (Å²) < 4.78 is 1.21. The molecule has 3 nitrogen and oxygen atoms in total. The van der Waals surface area contributed by atoms with Crippen LogP contribution in [-0.2, 0) is 0 Å². The van der Waals surface area contributed by atoms with Crippen molar-refractivity contribution in [1.29, 1.82) is 0 Å². The van der Waals surface area contributed by atoms with Crippen molar-refractivity contribution < 1.29 is 4.79 Å². The highest BCUT2D eigenvalue weighted by Gasteiger charge is 2.19. The standard InChI is InChI=1S/C16H13IN2O/c17-12-5-3-11(4-6-12)16(14-2-1-9-18-14)15-8-7-13(10-20)19-15/h1-10,16,18-19H. The van der Waals surface area contributed by atoms with Crippen LogP contribution in [0.15, 0.2) is 54.7 Å². The molecule has 2 heterocycles. The van der Waals surface area contributed by atoms with E-state index in [1.165, 1.54) is 9.13 Å². The average molecular weight is 376 g/mol. The zero-order valence-electron chi connectivity index (χ0n) is 10.6. The number of carbonyl (C=O) groups is 1. The van der Waals surface area contributed by atoms with Crippen LogP contribution in [0.2, 0.25) is 0 Å².